The number of carbonyl (C=O) groups excluding carboxylic acids is 1. The summed E-state index contributed by atoms with van der Waals surface area (Å²) in [5, 5.41) is 0. The van der Waals surface area contributed by atoms with E-state index >= 15 is 0 Å². The number of carbonyl (C=O) groups is 1. The first-order valence-corrected chi connectivity index (χ1v) is 7.73. The van der Waals surface area contributed by atoms with Gasteiger partial charge in [0.1, 0.15) is 5.54 Å². The maximum absolute atomic E-state index is 11.9. The van der Waals surface area contributed by atoms with Crippen LogP contribution in [0.5, 0.6) is 0 Å². The van der Waals surface area contributed by atoms with Gasteiger partial charge >= 0.3 is 5.97 Å². The normalized spacial score (nSPS) is 35.7. The van der Waals surface area contributed by atoms with Crippen LogP contribution in [0.25, 0.3) is 0 Å². The van der Waals surface area contributed by atoms with E-state index in [-0.39, 0.29) is 11.9 Å². The maximum atomic E-state index is 11.9. The molecule has 0 radical (unpaired) electrons. The lowest BCUT2D eigenvalue weighted by molar-refractivity contribution is -0.148. The Bertz CT molecular complexity index is 321. The van der Waals surface area contributed by atoms with Crippen LogP contribution in [0.2, 0.25) is 0 Å². The van der Waals surface area contributed by atoms with Gasteiger partial charge in [-0.2, -0.15) is 0 Å². The largest absolute Gasteiger partial charge is 0.468 e. The molecule has 1 heterocycles. The minimum absolute atomic E-state index is 0.219. The Balaban J connectivity index is 1.89. The van der Waals surface area contributed by atoms with Crippen LogP contribution in [0.15, 0.2) is 0 Å². The van der Waals surface area contributed by atoms with Crippen molar-refractivity contribution in [3.8, 4) is 0 Å². The number of hydrogen-bond acceptors (Lipinski definition) is 4. The molecule has 0 bridgehead atoms. The van der Waals surface area contributed by atoms with E-state index < -0.39 is 5.54 Å². The number of esters is 1. The third-order valence-corrected chi connectivity index (χ3v) is 5.17. The highest BCUT2D eigenvalue weighted by Crippen LogP contribution is 2.37. The van der Waals surface area contributed by atoms with Gasteiger partial charge in [0.15, 0.2) is 0 Å². The van der Waals surface area contributed by atoms with Crippen LogP contribution in [-0.4, -0.2) is 42.6 Å². The first-order valence-electron chi connectivity index (χ1n) is 7.73. The first kappa shape index (κ1) is 14.8. The molecule has 19 heavy (non-hydrogen) atoms. The van der Waals surface area contributed by atoms with Crippen LogP contribution < -0.4 is 5.73 Å². The summed E-state index contributed by atoms with van der Waals surface area (Å²) in [5.41, 5.74) is 5.59. The van der Waals surface area contributed by atoms with Crippen molar-refractivity contribution in [3.63, 3.8) is 0 Å². The first-order chi connectivity index (χ1) is 9.11. The molecule has 1 aliphatic heterocycles. The minimum Gasteiger partial charge on any atom is -0.468 e. The topological polar surface area (TPSA) is 55.6 Å². The minimum atomic E-state index is -0.726. The SMILES string of the molecule is CCC1CCCN1CCC1CCCC1(N)C(=O)OC. The molecule has 1 saturated carbocycles. The Kier molecular flexibility index (Phi) is 4.85. The molecule has 0 spiro atoms. The van der Waals surface area contributed by atoms with Crippen molar-refractivity contribution in [2.75, 3.05) is 20.2 Å². The van der Waals surface area contributed by atoms with Crippen LogP contribution in [0.1, 0.15) is 51.9 Å². The van der Waals surface area contributed by atoms with Crippen molar-refractivity contribution < 1.29 is 9.53 Å². The summed E-state index contributed by atoms with van der Waals surface area (Å²) in [6.45, 7) is 4.56. The summed E-state index contributed by atoms with van der Waals surface area (Å²) in [6, 6.07) is 0.742. The molecule has 1 aliphatic carbocycles. The zero-order valence-corrected chi connectivity index (χ0v) is 12.4. The summed E-state index contributed by atoms with van der Waals surface area (Å²) in [7, 11) is 1.44. The second kappa shape index (κ2) is 6.23. The van der Waals surface area contributed by atoms with Crippen LogP contribution >= 0.6 is 0 Å². The summed E-state index contributed by atoms with van der Waals surface area (Å²) < 4.78 is 4.90. The molecule has 4 nitrogen and oxygen atoms in total. The van der Waals surface area contributed by atoms with E-state index in [9.17, 15) is 4.79 Å². The molecular formula is C15H28N2O2. The van der Waals surface area contributed by atoms with Gasteiger partial charge in [0.25, 0.3) is 0 Å². The number of likely N-dealkylation sites (tertiary alicyclic amines) is 1. The molecule has 2 N–H and O–H groups in total. The number of hydrogen-bond donors (Lipinski definition) is 1. The third-order valence-electron chi connectivity index (χ3n) is 5.17. The smallest absolute Gasteiger partial charge is 0.326 e. The number of nitrogens with zero attached hydrogens (tertiary/aromatic N) is 1. The Morgan fingerprint density at radius 2 is 2.21 bits per heavy atom. The van der Waals surface area contributed by atoms with Crippen LogP contribution in [-0.2, 0) is 9.53 Å². The van der Waals surface area contributed by atoms with Gasteiger partial charge in [0.2, 0.25) is 0 Å². The van der Waals surface area contributed by atoms with Gasteiger partial charge in [0, 0.05) is 6.04 Å². The molecule has 3 atom stereocenters. The predicted molar refractivity (Wildman–Crippen MR) is 75.8 cm³/mol. The molecule has 0 aromatic heterocycles. The molecule has 0 aromatic rings. The monoisotopic (exact) mass is 268 g/mol. The van der Waals surface area contributed by atoms with E-state index in [4.69, 9.17) is 10.5 Å². The van der Waals surface area contributed by atoms with Crippen molar-refractivity contribution in [1.29, 1.82) is 0 Å². The zero-order valence-electron chi connectivity index (χ0n) is 12.4. The van der Waals surface area contributed by atoms with Crippen molar-refractivity contribution in [2.45, 2.75) is 63.5 Å². The molecule has 4 heteroatoms. The average molecular weight is 268 g/mol. The van der Waals surface area contributed by atoms with Crippen molar-refractivity contribution in [1.82, 2.24) is 4.90 Å². The lowest BCUT2D eigenvalue weighted by Gasteiger charge is -2.31. The van der Waals surface area contributed by atoms with Crippen molar-refractivity contribution >= 4 is 5.97 Å². The van der Waals surface area contributed by atoms with Gasteiger partial charge in [-0.25, -0.2) is 0 Å². The van der Waals surface area contributed by atoms with Crippen molar-refractivity contribution in [2.24, 2.45) is 11.7 Å². The highest BCUT2D eigenvalue weighted by atomic mass is 16.5. The molecule has 0 aromatic carbocycles. The van der Waals surface area contributed by atoms with Gasteiger partial charge in [-0.3, -0.25) is 4.79 Å². The van der Waals surface area contributed by atoms with Gasteiger partial charge in [0.05, 0.1) is 7.11 Å². The average Bonchev–Trinajstić information content (AvgIpc) is 3.02. The number of methoxy groups -OCH3 is 1. The second-order valence-electron chi connectivity index (χ2n) is 6.15. The molecule has 0 amide bonds. The second-order valence-corrected chi connectivity index (χ2v) is 6.15. The van der Waals surface area contributed by atoms with Crippen LogP contribution in [0, 0.1) is 5.92 Å². The fourth-order valence-electron chi connectivity index (χ4n) is 3.94. The van der Waals surface area contributed by atoms with E-state index in [0.717, 1.165) is 38.3 Å². The van der Waals surface area contributed by atoms with Crippen LogP contribution in [0.4, 0.5) is 0 Å². The lowest BCUT2D eigenvalue weighted by Crippen LogP contribution is -2.52. The molecule has 2 aliphatic rings. The fraction of sp³-hybridized carbons (Fsp3) is 0.933. The Labute approximate surface area is 116 Å². The Morgan fingerprint density at radius 1 is 1.42 bits per heavy atom. The van der Waals surface area contributed by atoms with Gasteiger partial charge in [-0.15, -0.1) is 0 Å². The van der Waals surface area contributed by atoms with Crippen molar-refractivity contribution in [3.05, 3.63) is 0 Å². The standard InChI is InChI=1S/C15H28N2O2/c1-3-13-7-5-10-17(13)11-8-12-6-4-9-15(12,16)14(18)19-2/h12-13H,3-11,16H2,1-2H3. The fourth-order valence-corrected chi connectivity index (χ4v) is 3.94. The molecule has 1 saturated heterocycles. The quantitative estimate of drug-likeness (QED) is 0.774. The summed E-state index contributed by atoms with van der Waals surface area (Å²) in [4.78, 5) is 14.5. The molecule has 3 unspecified atom stereocenters. The lowest BCUT2D eigenvalue weighted by atomic mass is 9.85. The predicted octanol–water partition coefficient (Wildman–Crippen LogP) is 1.92. The number of ether oxygens (including phenoxy) is 1. The van der Waals surface area contributed by atoms with Gasteiger partial charge in [-0.05, 0) is 57.5 Å². The van der Waals surface area contributed by atoms with E-state index in [2.05, 4.69) is 11.8 Å². The molecule has 2 fully saturated rings. The van der Waals surface area contributed by atoms with E-state index in [0.29, 0.717) is 0 Å². The zero-order chi connectivity index (χ0) is 13.9. The summed E-state index contributed by atoms with van der Waals surface area (Å²) in [5.74, 6) is 0.0709. The van der Waals surface area contributed by atoms with Crippen LogP contribution in [0.3, 0.4) is 0 Å². The molecule has 2 rings (SSSR count). The van der Waals surface area contributed by atoms with E-state index in [1.165, 1.54) is 32.9 Å². The number of rotatable bonds is 5. The van der Waals surface area contributed by atoms with Gasteiger partial charge < -0.3 is 15.4 Å². The highest BCUT2D eigenvalue weighted by molar-refractivity contribution is 5.81. The Morgan fingerprint density at radius 3 is 2.89 bits per heavy atom. The number of nitrogens with two attached hydrogens (primary N) is 1. The summed E-state index contributed by atoms with van der Waals surface area (Å²) in [6.07, 6.45) is 7.79. The van der Waals surface area contributed by atoms with E-state index in [1.807, 2.05) is 0 Å². The molecular weight excluding hydrogens is 240 g/mol. The highest BCUT2D eigenvalue weighted by Gasteiger charge is 2.46. The maximum Gasteiger partial charge on any atom is 0.326 e. The third kappa shape index (κ3) is 2.95. The Hall–Kier alpha value is -0.610. The molecule has 110 valence electrons. The summed E-state index contributed by atoms with van der Waals surface area (Å²) >= 11 is 0. The van der Waals surface area contributed by atoms with Gasteiger partial charge in [-0.1, -0.05) is 13.3 Å². The van der Waals surface area contributed by atoms with E-state index in [1.54, 1.807) is 0 Å².